The van der Waals surface area contributed by atoms with Crippen LogP contribution in [-0.2, 0) is 4.79 Å². The third kappa shape index (κ3) is 6.11. The number of rotatable bonds is 8. The van der Waals surface area contributed by atoms with Crippen molar-refractivity contribution in [3.8, 4) is 28.0 Å². The Morgan fingerprint density at radius 2 is 1.61 bits per heavy atom. The van der Waals surface area contributed by atoms with Crippen molar-refractivity contribution in [2.24, 2.45) is 0 Å². The van der Waals surface area contributed by atoms with E-state index in [0.717, 1.165) is 37.4 Å². The molecule has 0 bridgehead atoms. The minimum absolute atomic E-state index is 0.0308. The van der Waals surface area contributed by atoms with Crippen LogP contribution < -0.4 is 9.80 Å². The van der Waals surface area contributed by atoms with Crippen molar-refractivity contribution in [1.82, 2.24) is 9.80 Å². The molecule has 0 spiro atoms. The third-order valence-electron chi connectivity index (χ3n) is 6.82. The van der Waals surface area contributed by atoms with Crippen LogP contribution in [0.5, 0.6) is 5.75 Å². The van der Waals surface area contributed by atoms with Crippen LogP contribution in [0, 0.1) is 5.82 Å². The summed E-state index contributed by atoms with van der Waals surface area (Å²) in [5.74, 6) is -0.496. The summed E-state index contributed by atoms with van der Waals surface area (Å²) in [5, 5.41) is 11.6. The smallest absolute Gasteiger partial charge is 0.218 e. The predicted octanol–water partition coefficient (Wildman–Crippen LogP) is 6.04. The van der Waals surface area contributed by atoms with Gasteiger partial charge in [-0.25, -0.2) is 4.39 Å². The van der Waals surface area contributed by atoms with E-state index < -0.39 is 5.82 Å². The molecular formula is C30H34ClFN4O2. The van der Waals surface area contributed by atoms with Gasteiger partial charge in [-0.3, -0.25) is 14.6 Å². The minimum atomic E-state index is -0.465. The number of nitrogens with zero attached hydrogens (tertiary/aromatic N) is 4. The molecule has 1 heterocycles. The molecule has 8 heteroatoms. The van der Waals surface area contributed by atoms with Crippen molar-refractivity contribution in [2.75, 3.05) is 50.1 Å². The highest BCUT2D eigenvalue weighted by Crippen LogP contribution is 2.41. The Morgan fingerprint density at radius 3 is 2.18 bits per heavy atom. The molecule has 1 aliphatic rings. The van der Waals surface area contributed by atoms with Gasteiger partial charge in [0.15, 0.2) is 0 Å². The van der Waals surface area contributed by atoms with E-state index in [1.807, 2.05) is 38.4 Å². The SMILES string of the molecule is CC(C)N1CCN(c2cccc(-c3cc(F)cc(-c4ccc(N(C=O)/C=C\N(C)C)c(Cl)c4)c3O)c2)CC1. The first-order chi connectivity index (χ1) is 18.2. The van der Waals surface area contributed by atoms with Crippen LogP contribution in [0.1, 0.15) is 13.8 Å². The first-order valence-corrected chi connectivity index (χ1v) is 13.1. The van der Waals surface area contributed by atoms with Gasteiger partial charge < -0.3 is 14.9 Å². The Balaban J connectivity index is 1.65. The number of benzene rings is 3. The van der Waals surface area contributed by atoms with Gasteiger partial charge in [0.25, 0.3) is 0 Å². The van der Waals surface area contributed by atoms with Crippen LogP contribution in [0.4, 0.5) is 15.8 Å². The van der Waals surface area contributed by atoms with Crippen LogP contribution in [-0.4, -0.2) is 67.6 Å². The molecule has 1 saturated heterocycles. The molecule has 0 unspecified atom stereocenters. The number of anilines is 2. The quantitative estimate of drug-likeness (QED) is 0.355. The summed E-state index contributed by atoms with van der Waals surface area (Å²) in [7, 11) is 3.69. The summed E-state index contributed by atoms with van der Waals surface area (Å²) < 4.78 is 14.9. The molecule has 6 nitrogen and oxygen atoms in total. The zero-order valence-corrected chi connectivity index (χ0v) is 23.0. The van der Waals surface area contributed by atoms with Crippen LogP contribution in [0.15, 0.2) is 67.0 Å². The van der Waals surface area contributed by atoms with Gasteiger partial charge in [0.2, 0.25) is 6.41 Å². The second kappa shape index (κ2) is 11.9. The molecule has 1 N–H and O–H groups in total. The lowest BCUT2D eigenvalue weighted by Gasteiger charge is -2.38. The molecule has 3 aromatic rings. The lowest BCUT2D eigenvalue weighted by molar-refractivity contribution is -0.106. The number of piperazine rings is 1. The van der Waals surface area contributed by atoms with E-state index in [1.165, 1.54) is 17.0 Å². The van der Waals surface area contributed by atoms with Gasteiger partial charge in [-0.1, -0.05) is 29.8 Å². The number of hydrogen-bond donors (Lipinski definition) is 1. The molecule has 4 rings (SSSR count). The van der Waals surface area contributed by atoms with Crippen molar-refractivity contribution in [2.45, 2.75) is 19.9 Å². The Labute approximate surface area is 229 Å². The Kier molecular flexibility index (Phi) is 8.59. The molecule has 1 amide bonds. The molecule has 0 atom stereocenters. The number of carbonyl (C=O) groups excluding carboxylic acids is 1. The average molecular weight is 537 g/mol. The highest BCUT2D eigenvalue weighted by Gasteiger charge is 2.20. The highest BCUT2D eigenvalue weighted by atomic mass is 35.5. The molecular weight excluding hydrogens is 503 g/mol. The van der Waals surface area contributed by atoms with E-state index >= 15 is 0 Å². The van der Waals surface area contributed by atoms with Gasteiger partial charge in [0.05, 0.1) is 10.7 Å². The van der Waals surface area contributed by atoms with E-state index in [-0.39, 0.29) is 5.75 Å². The Morgan fingerprint density at radius 1 is 0.947 bits per heavy atom. The van der Waals surface area contributed by atoms with Gasteiger partial charge in [0.1, 0.15) is 11.6 Å². The number of carbonyl (C=O) groups is 1. The molecule has 0 saturated carbocycles. The van der Waals surface area contributed by atoms with Gasteiger partial charge in [-0.2, -0.15) is 0 Å². The number of hydrogen-bond acceptors (Lipinski definition) is 5. The van der Waals surface area contributed by atoms with Crippen molar-refractivity contribution in [1.29, 1.82) is 0 Å². The van der Waals surface area contributed by atoms with Crippen molar-refractivity contribution >= 4 is 29.4 Å². The maximum Gasteiger partial charge on any atom is 0.218 e. The molecule has 0 aromatic heterocycles. The summed E-state index contributed by atoms with van der Waals surface area (Å²) in [6.45, 7) is 8.22. The standard InChI is InChI=1S/C30H34ClFN4O2/c1-21(2)34-12-14-35(15-13-34)25-7-5-6-22(16-25)26-18-24(32)19-27(30(26)38)23-8-9-29(28(31)17-23)36(20-37)11-10-33(3)4/h5-11,16-21,38H,12-15H2,1-4H3/b11-10-. The van der Waals surface area contributed by atoms with E-state index in [0.29, 0.717) is 39.9 Å². The summed E-state index contributed by atoms with van der Waals surface area (Å²) in [6, 6.07) is 16.0. The Bertz CT molecular complexity index is 1320. The van der Waals surface area contributed by atoms with Crippen LogP contribution in [0.2, 0.25) is 5.02 Å². The second-order valence-electron chi connectivity index (χ2n) is 9.96. The molecule has 200 valence electrons. The number of amides is 1. The summed E-state index contributed by atoms with van der Waals surface area (Å²) >= 11 is 6.52. The molecule has 3 aromatic carbocycles. The lowest BCUT2D eigenvalue weighted by atomic mass is 9.96. The van der Waals surface area contributed by atoms with Crippen molar-refractivity contribution in [3.63, 3.8) is 0 Å². The number of halogens is 2. The number of aromatic hydroxyl groups is 1. The highest BCUT2D eigenvalue weighted by molar-refractivity contribution is 6.34. The van der Waals surface area contributed by atoms with Crippen molar-refractivity contribution < 1.29 is 14.3 Å². The largest absolute Gasteiger partial charge is 0.507 e. The number of phenolic OH excluding ortho intramolecular Hbond substituents is 1. The number of phenols is 1. The van der Waals surface area contributed by atoms with Gasteiger partial charge in [0, 0.05) is 75.5 Å². The third-order valence-corrected chi connectivity index (χ3v) is 7.12. The maximum absolute atomic E-state index is 14.9. The topological polar surface area (TPSA) is 50.3 Å². The Hall–Kier alpha value is -3.55. The van der Waals surface area contributed by atoms with Gasteiger partial charge >= 0.3 is 0 Å². The molecule has 0 aliphatic carbocycles. The summed E-state index contributed by atoms with van der Waals surface area (Å²) in [4.78, 5) is 19.5. The normalized spacial score (nSPS) is 14.3. The lowest BCUT2D eigenvalue weighted by Crippen LogP contribution is -2.48. The fraction of sp³-hybridized carbons (Fsp3) is 0.300. The minimum Gasteiger partial charge on any atom is -0.507 e. The zero-order valence-electron chi connectivity index (χ0n) is 22.2. The zero-order chi connectivity index (χ0) is 27.4. The van der Waals surface area contributed by atoms with Gasteiger partial charge in [-0.15, -0.1) is 0 Å². The van der Waals surface area contributed by atoms with E-state index in [2.05, 4.69) is 23.6 Å². The van der Waals surface area contributed by atoms with E-state index in [9.17, 15) is 14.3 Å². The molecule has 1 fully saturated rings. The predicted molar refractivity (Wildman–Crippen MR) is 154 cm³/mol. The van der Waals surface area contributed by atoms with Crippen molar-refractivity contribution in [3.05, 3.63) is 77.8 Å². The molecule has 0 radical (unpaired) electrons. The first kappa shape index (κ1) is 27.5. The molecule has 38 heavy (non-hydrogen) atoms. The van der Waals surface area contributed by atoms with Gasteiger partial charge in [-0.05, 0) is 61.4 Å². The maximum atomic E-state index is 14.9. The van der Waals surface area contributed by atoms with Crippen LogP contribution >= 0.6 is 11.6 Å². The second-order valence-corrected chi connectivity index (χ2v) is 10.4. The van der Waals surface area contributed by atoms with Crippen LogP contribution in [0.25, 0.3) is 22.3 Å². The first-order valence-electron chi connectivity index (χ1n) is 12.7. The average Bonchev–Trinajstić information content (AvgIpc) is 2.90. The van der Waals surface area contributed by atoms with E-state index in [4.69, 9.17) is 11.6 Å². The van der Waals surface area contributed by atoms with Crippen LogP contribution in [0.3, 0.4) is 0 Å². The van der Waals surface area contributed by atoms with E-state index in [1.54, 1.807) is 35.5 Å². The fourth-order valence-electron chi connectivity index (χ4n) is 4.67. The fourth-order valence-corrected chi connectivity index (χ4v) is 4.95. The summed E-state index contributed by atoms with van der Waals surface area (Å²) in [6.07, 6.45) is 3.98. The monoisotopic (exact) mass is 536 g/mol. The molecule has 1 aliphatic heterocycles. The summed E-state index contributed by atoms with van der Waals surface area (Å²) in [5.41, 5.74) is 3.53.